The smallest absolute Gasteiger partial charge is 0.496 e. The quantitative estimate of drug-likeness (QED) is 0.206. The van der Waals surface area contributed by atoms with E-state index >= 15 is 0 Å². The Kier molecular flexibility index (Phi) is 6.65. The molecule has 3 aromatic carbocycles. The van der Waals surface area contributed by atoms with E-state index in [0.29, 0.717) is 11.1 Å². The van der Waals surface area contributed by atoms with Crippen molar-refractivity contribution in [3.05, 3.63) is 72.4 Å². The molecular formula is C24H20F3NO5S2. The van der Waals surface area contributed by atoms with Crippen LogP contribution in [-0.2, 0) is 10.1 Å². The van der Waals surface area contributed by atoms with E-state index < -0.39 is 21.4 Å². The van der Waals surface area contributed by atoms with Crippen LogP contribution < -0.4 is 13.7 Å². The standard InChI is InChI=1S/C24H20F3NO5S2/c1-15-4-7-18(8-5-15)34-28-11-10-17-12-16(6-9-20(17)28)19-13-22(32-3)23(14-21(19)31-2)33-35(29,30)24(25,26)27/h4-14H,1-3H3. The number of ether oxygens (including phenoxy) is 2. The second-order valence-electron chi connectivity index (χ2n) is 7.51. The van der Waals surface area contributed by atoms with Crippen LogP contribution in [0.15, 0.2) is 71.8 Å². The van der Waals surface area contributed by atoms with Crippen LogP contribution >= 0.6 is 11.9 Å². The van der Waals surface area contributed by atoms with Gasteiger partial charge in [-0.25, -0.2) is 0 Å². The molecule has 35 heavy (non-hydrogen) atoms. The van der Waals surface area contributed by atoms with Crippen molar-refractivity contribution >= 4 is 33.0 Å². The van der Waals surface area contributed by atoms with E-state index in [9.17, 15) is 21.6 Å². The van der Waals surface area contributed by atoms with E-state index in [1.165, 1.54) is 25.8 Å². The van der Waals surface area contributed by atoms with Gasteiger partial charge in [0, 0.05) is 28.1 Å². The third kappa shape index (κ3) is 5.06. The summed E-state index contributed by atoms with van der Waals surface area (Å²) in [5.41, 5.74) is -2.27. The predicted octanol–water partition coefficient (Wildman–Crippen LogP) is 6.42. The minimum absolute atomic E-state index is 0.117. The van der Waals surface area contributed by atoms with Gasteiger partial charge in [0.1, 0.15) is 5.75 Å². The van der Waals surface area contributed by atoms with Crippen LogP contribution in [0.5, 0.6) is 17.2 Å². The van der Waals surface area contributed by atoms with Gasteiger partial charge in [-0.3, -0.25) is 3.97 Å². The molecule has 6 nitrogen and oxygen atoms in total. The lowest BCUT2D eigenvalue weighted by atomic mass is 10.0. The van der Waals surface area contributed by atoms with Crippen molar-refractivity contribution in [2.45, 2.75) is 17.3 Å². The Bertz CT molecular complexity index is 1480. The first kappa shape index (κ1) is 24.8. The highest BCUT2D eigenvalue weighted by atomic mass is 32.2. The van der Waals surface area contributed by atoms with Crippen molar-refractivity contribution < 1.29 is 35.2 Å². The first-order chi connectivity index (χ1) is 16.5. The SMILES string of the molecule is COc1cc(-c2ccc3c(ccn3Sc3ccc(C)cc3)c2)c(OC)cc1OS(=O)(=O)C(F)(F)F. The summed E-state index contributed by atoms with van der Waals surface area (Å²) in [5.74, 6) is -0.709. The van der Waals surface area contributed by atoms with Gasteiger partial charge >= 0.3 is 15.6 Å². The fourth-order valence-corrected chi connectivity index (χ4v) is 4.74. The molecule has 0 aliphatic heterocycles. The Labute approximate surface area is 204 Å². The number of benzene rings is 3. The van der Waals surface area contributed by atoms with Gasteiger partial charge in [0.25, 0.3) is 0 Å². The van der Waals surface area contributed by atoms with E-state index in [4.69, 9.17) is 9.47 Å². The van der Waals surface area contributed by atoms with Gasteiger partial charge in [-0.2, -0.15) is 21.6 Å². The van der Waals surface area contributed by atoms with Crippen molar-refractivity contribution in [1.29, 1.82) is 0 Å². The van der Waals surface area contributed by atoms with Crippen LogP contribution in [0.3, 0.4) is 0 Å². The van der Waals surface area contributed by atoms with E-state index in [0.717, 1.165) is 21.9 Å². The van der Waals surface area contributed by atoms with Gasteiger partial charge in [0.2, 0.25) is 0 Å². The zero-order valence-electron chi connectivity index (χ0n) is 18.8. The molecule has 0 aliphatic carbocycles. The summed E-state index contributed by atoms with van der Waals surface area (Å²) >= 11 is 1.56. The van der Waals surface area contributed by atoms with Gasteiger partial charge in [-0.15, -0.1) is 0 Å². The number of methoxy groups -OCH3 is 2. The minimum atomic E-state index is -5.88. The second-order valence-corrected chi connectivity index (χ2v) is 10.1. The highest BCUT2D eigenvalue weighted by Crippen LogP contribution is 2.43. The molecule has 0 fully saturated rings. The molecule has 0 N–H and O–H groups in total. The van der Waals surface area contributed by atoms with E-state index in [1.54, 1.807) is 11.9 Å². The summed E-state index contributed by atoms with van der Waals surface area (Å²) < 4.78 is 78.1. The predicted molar refractivity (Wildman–Crippen MR) is 129 cm³/mol. The van der Waals surface area contributed by atoms with Gasteiger partial charge in [0.05, 0.1) is 19.7 Å². The molecule has 184 valence electrons. The zero-order valence-corrected chi connectivity index (χ0v) is 20.4. The topological polar surface area (TPSA) is 66.8 Å². The van der Waals surface area contributed by atoms with Crippen LogP contribution in [0.1, 0.15) is 5.56 Å². The molecule has 0 saturated heterocycles. The summed E-state index contributed by atoms with van der Waals surface area (Å²) in [6.07, 6.45) is 1.94. The maximum Gasteiger partial charge on any atom is 0.534 e. The Morgan fingerprint density at radius 3 is 2.17 bits per heavy atom. The van der Waals surface area contributed by atoms with Crippen LogP contribution in [0, 0.1) is 6.92 Å². The van der Waals surface area contributed by atoms with E-state index in [2.05, 4.69) is 4.18 Å². The lowest BCUT2D eigenvalue weighted by Gasteiger charge is -2.16. The van der Waals surface area contributed by atoms with Gasteiger partial charge < -0.3 is 13.7 Å². The van der Waals surface area contributed by atoms with E-state index in [-0.39, 0.29) is 11.5 Å². The molecule has 0 bridgehead atoms. The third-order valence-corrected chi connectivity index (χ3v) is 7.12. The molecule has 0 amide bonds. The number of aryl methyl sites for hydroxylation is 1. The minimum Gasteiger partial charge on any atom is -0.496 e. The summed E-state index contributed by atoms with van der Waals surface area (Å²) in [6.45, 7) is 2.03. The molecule has 4 aromatic rings. The molecule has 1 aromatic heterocycles. The molecule has 0 atom stereocenters. The lowest BCUT2D eigenvalue weighted by molar-refractivity contribution is -0.0500. The lowest BCUT2D eigenvalue weighted by Crippen LogP contribution is -2.28. The van der Waals surface area contributed by atoms with Gasteiger partial charge in [-0.1, -0.05) is 23.8 Å². The molecule has 4 rings (SSSR count). The number of aromatic nitrogens is 1. The molecule has 0 aliphatic rings. The molecule has 0 saturated carbocycles. The number of nitrogens with zero attached hydrogens (tertiary/aromatic N) is 1. The number of fused-ring (bicyclic) bond motifs is 1. The van der Waals surface area contributed by atoms with Crippen LogP contribution in [0.2, 0.25) is 0 Å². The average molecular weight is 524 g/mol. The largest absolute Gasteiger partial charge is 0.534 e. The first-order valence-corrected chi connectivity index (χ1v) is 12.3. The Hall–Kier alpha value is -3.31. The Morgan fingerprint density at radius 1 is 0.857 bits per heavy atom. The van der Waals surface area contributed by atoms with Crippen molar-refractivity contribution in [3.8, 4) is 28.4 Å². The molecule has 1 heterocycles. The maximum atomic E-state index is 12.8. The Morgan fingerprint density at radius 2 is 1.54 bits per heavy atom. The monoisotopic (exact) mass is 523 g/mol. The summed E-state index contributed by atoms with van der Waals surface area (Å²) in [4.78, 5) is 1.08. The molecular weight excluding hydrogens is 503 g/mol. The number of rotatable bonds is 7. The van der Waals surface area contributed by atoms with Crippen molar-refractivity contribution in [2.75, 3.05) is 14.2 Å². The number of hydrogen-bond acceptors (Lipinski definition) is 6. The number of hydrogen-bond donors (Lipinski definition) is 0. The first-order valence-electron chi connectivity index (χ1n) is 10.2. The summed E-state index contributed by atoms with van der Waals surface area (Å²) in [7, 11) is -3.36. The summed E-state index contributed by atoms with van der Waals surface area (Å²) in [5, 5.41) is 0.920. The van der Waals surface area contributed by atoms with Crippen molar-refractivity contribution in [1.82, 2.24) is 3.97 Å². The molecule has 0 radical (unpaired) electrons. The normalized spacial score (nSPS) is 12.1. The fourth-order valence-electron chi connectivity index (χ4n) is 3.40. The summed E-state index contributed by atoms with van der Waals surface area (Å²) in [6, 6.07) is 18.2. The molecule has 0 spiro atoms. The number of alkyl halides is 3. The molecule has 0 unspecified atom stereocenters. The van der Waals surface area contributed by atoms with Crippen LogP contribution in [-0.4, -0.2) is 32.1 Å². The maximum absolute atomic E-state index is 12.8. The second kappa shape index (κ2) is 9.38. The highest BCUT2D eigenvalue weighted by Gasteiger charge is 2.49. The van der Waals surface area contributed by atoms with Crippen LogP contribution in [0.25, 0.3) is 22.0 Å². The van der Waals surface area contributed by atoms with E-state index in [1.807, 2.05) is 65.6 Å². The number of halogens is 3. The zero-order chi connectivity index (χ0) is 25.4. The Balaban J connectivity index is 1.71. The average Bonchev–Trinajstić information content (AvgIpc) is 3.21. The highest BCUT2D eigenvalue weighted by molar-refractivity contribution is 7.98. The van der Waals surface area contributed by atoms with Crippen molar-refractivity contribution in [2.24, 2.45) is 0 Å². The molecule has 11 heteroatoms. The van der Waals surface area contributed by atoms with Crippen molar-refractivity contribution in [3.63, 3.8) is 0 Å². The van der Waals surface area contributed by atoms with Gasteiger partial charge in [-0.05, 0) is 60.8 Å². The third-order valence-electron chi connectivity index (χ3n) is 5.16. The van der Waals surface area contributed by atoms with Crippen LogP contribution in [0.4, 0.5) is 13.2 Å². The van der Waals surface area contributed by atoms with Gasteiger partial charge in [0.15, 0.2) is 11.5 Å². The fraction of sp³-hybridized carbons (Fsp3) is 0.167.